The molecular formula is C14H23NO4. The number of carbonyl (C=O) groups excluding carboxylic acids is 2. The quantitative estimate of drug-likeness (QED) is 0.780. The van der Waals surface area contributed by atoms with Crippen molar-refractivity contribution in [2.24, 2.45) is 17.8 Å². The van der Waals surface area contributed by atoms with Crippen LogP contribution in [0.4, 0.5) is 4.79 Å². The van der Waals surface area contributed by atoms with Crippen LogP contribution in [-0.4, -0.2) is 30.8 Å². The fraction of sp³-hybridized carbons (Fsp3) is 0.857. The number of nitrogens with one attached hydrogen (secondary N) is 1. The van der Waals surface area contributed by atoms with Gasteiger partial charge in [-0.05, 0) is 45.4 Å². The number of hydrogen-bond donors (Lipinski definition) is 1. The number of alkyl carbamates (subject to hydrolysis) is 1. The Balaban J connectivity index is 1.90. The molecule has 2 aliphatic rings. The molecular weight excluding hydrogens is 246 g/mol. The van der Waals surface area contributed by atoms with E-state index in [1.165, 1.54) is 7.11 Å². The predicted octanol–water partition coefficient (Wildman–Crippen LogP) is 2.10. The van der Waals surface area contributed by atoms with Gasteiger partial charge in [0.1, 0.15) is 5.60 Å². The Morgan fingerprint density at radius 3 is 2.47 bits per heavy atom. The van der Waals surface area contributed by atoms with Gasteiger partial charge in [-0.3, -0.25) is 4.79 Å². The molecule has 19 heavy (non-hydrogen) atoms. The summed E-state index contributed by atoms with van der Waals surface area (Å²) < 4.78 is 10.1. The molecule has 0 aromatic rings. The molecule has 0 aromatic carbocycles. The Kier molecular flexibility index (Phi) is 3.74. The van der Waals surface area contributed by atoms with Crippen LogP contribution in [0.1, 0.15) is 40.0 Å². The van der Waals surface area contributed by atoms with Gasteiger partial charge in [0.25, 0.3) is 0 Å². The number of esters is 1. The van der Waals surface area contributed by atoms with Crippen LogP contribution in [0.5, 0.6) is 0 Å². The van der Waals surface area contributed by atoms with Gasteiger partial charge in [0.2, 0.25) is 0 Å². The van der Waals surface area contributed by atoms with Crippen LogP contribution in [0.3, 0.4) is 0 Å². The molecule has 1 amide bonds. The molecule has 108 valence electrons. The molecule has 0 saturated heterocycles. The van der Waals surface area contributed by atoms with Gasteiger partial charge in [0.15, 0.2) is 0 Å². The normalized spacial score (nSPS) is 33.1. The second-order valence-corrected chi connectivity index (χ2v) is 6.47. The van der Waals surface area contributed by atoms with Crippen LogP contribution >= 0.6 is 0 Å². The number of amides is 1. The molecule has 5 heteroatoms. The average Bonchev–Trinajstić information content (AvgIpc) is 2.99. The summed E-state index contributed by atoms with van der Waals surface area (Å²) >= 11 is 0. The van der Waals surface area contributed by atoms with Crippen LogP contribution in [0.25, 0.3) is 0 Å². The van der Waals surface area contributed by atoms with Crippen molar-refractivity contribution in [3.05, 3.63) is 0 Å². The third kappa shape index (κ3) is 3.19. The highest BCUT2D eigenvalue weighted by Gasteiger charge is 2.58. The van der Waals surface area contributed by atoms with E-state index < -0.39 is 11.7 Å². The van der Waals surface area contributed by atoms with Gasteiger partial charge in [-0.25, -0.2) is 4.79 Å². The zero-order valence-corrected chi connectivity index (χ0v) is 12.1. The van der Waals surface area contributed by atoms with Gasteiger partial charge in [-0.2, -0.15) is 0 Å². The summed E-state index contributed by atoms with van der Waals surface area (Å²) in [6, 6.07) is 0.0708. The van der Waals surface area contributed by atoms with Crippen LogP contribution in [0, 0.1) is 17.8 Å². The molecule has 4 atom stereocenters. The standard InChI is InChI=1S/C14H23NO4/c1-14(2,3)19-13(17)15-11-8-6-5-7-9(10(8)11)12(16)18-4/h8-11H,5-7H2,1-4H3,(H,15,17)/t8-,9?,10+,11-/m1/s1. The van der Waals surface area contributed by atoms with E-state index in [0.717, 1.165) is 19.3 Å². The molecule has 2 rings (SSSR count). The van der Waals surface area contributed by atoms with E-state index in [0.29, 0.717) is 5.92 Å². The van der Waals surface area contributed by atoms with Crippen LogP contribution < -0.4 is 5.32 Å². The lowest BCUT2D eigenvalue weighted by atomic mass is 9.89. The van der Waals surface area contributed by atoms with E-state index in [1.807, 2.05) is 20.8 Å². The Morgan fingerprint density at radius 1 is 1.21 bits per heavy atom. The molecule has 1 unspecified atom stereocenters. The van der Waals surface area contributed by atoms with E-state index in [1.54, 1.807) is 0 Å². The third-order valence-electron chi connectivity index (χ3n) is 3.93. The Hall–Kier alpha value is -1.26. The molecule has 0 aromatic heterocycles. The minimum absolute atomic E-state index is 0.0660. The average molecular weight is 269 g/mol. The number of methoxy groups -OCH3 is 1. The predicted molar refractivity (Wildman–Crippen MR) is 69.5 cm³/mol. The largest absolute Gasteiger partial charge is 0.469 e. The Morgan fingerprint density at radius 2 is 1.89 bits per heavy atom. The van der Waals surface area contributed by atoms with Gasteiger partial charge >= 0.3 is 12.1 Å². The molecule has 0 aliphatic heterocycles. The maximum absolute atomic E-state index is 11.7. The number of fused-ring (bicyclic) bond motifs is 1. The molecule has 2 fully saturated rings. The van der Waals surface area contributed by atoms with E-state index in [-0.39, 0.29) is 23.8 Å². The van der Waals surface area contributed by atoms with Crippen molar-refractivity contribution in [3.8, 4) is 0 Å². The topological polar surface area (TPSA) is 64.6 Å². The lowest BCUT2D eigenvalue weighted by molar-refractivity contribution is -0.147. The van der Waals surface area contributed by atoms with E-state index in [9.17, 15) is 9.59 Å². The van der Waals surface area contributed by atoms with Gasteiger partial charge in [-0.1, -0.05) is 6.42 Å². The number of carbonyl (C=O) groups is 2. The molecule has 0 heterocycles. The second-order valence-electron chi connectivity index (χ2n) is 6.47. The number of rotatable bonds is 2. The summed E-state index contributed by atoms with van der Waals surface area (Å²) in [5, 5.41) is 2.89. The van der Waals surface area contributed by atoms with Crippen molar-refractivity contribution in [1.29, 1.82) is 0 Å². The lowest BCUT2D eigenvalue weighted by Crippen LogP contribution is -2.35. The lowest BCUT2D eigenvalue weighted by Gasteiger charge is -2.20. The molecule has 2 aliphatic carbocycles. The summed E-state index contributed by atoms with van der Waals surface area (Å²) in [5.74, 6) is 0.422. The summed E-state index contributed by atoms with van der Waals surface area (Å²) in [5.41, 5.74) is -0.494. The zero-order chi connectivity index (χ0) is 14.2. The molecule has 2 saturated carbocycles. The fourth-order valence-corrected chi connectivity index (χ4v) is 3.16. The van der Waals surface area contributed by atoms with E-state index in [4.69, 9.17) is 9.47 Å². The first-order valence-electron chi connectivity index (χ1n) is 6.91. The molecule has 5 nitrogen and oxygen atoms in total. The summed E-state index contributed by atoms with van der Waals surface area (Å²) in [6.45, 7) is 5.51. The number of hydrogen-bond acceptors (Lipinski definition) is 4. The first-order chi connectivity index (χ1) is 8.83. The molecule has 0 bridgehead atoms. The maximum atomic E-state index is 11.7. The molecule has 0 spiro atoms. The highest BCUT2D eigenvalue weighted by atomic mass is 16.6. The van der Waals surface area contributed by atoms with Crippen molar-refractivity contribution in [2.45, 2.75) is 51.7 Å². The monoisotopic (exact) mass is 269 g/mol. The summed E-state index contributed by atoms with van der Waals surface area (Å²) in [4.78, 5) is 23.4. The van der Waals surface area contributed by atoms with Crippen molar-refractivity contribution in [2.75, 3.05) is 7.11 Å². The minimum atomic E-state index is -0.494. The van der Waals surface area contributed by atoms with Gasteiger partial charge in [0, 0.05) is 6.04 Å². The highest BCUT2D eigenvalue weighted by Crippen LogP contribution is 2.53. The van der Waals surface area contributed by atoms with Crippen molar-refractivity contribution in [1.82, 2.24) is 5.32 Å². The SMILES string of the molecule is COC(=O)C1CCC[C@H]2[C@@H](NC(=O)OC(C)(C)C)[C@H]12. The first kappa shape index (κ1) is 14.2. The van der Waals surface area contributed by atoms with Crippen molar-refractivity contribution in [3.63, 3.8) is 0 Å². The maximum Gasteiger partial charge on any atom is 0.407 e. The van der Waals surface area contributed by atoms with Crippen molar-refractivity contribution >= 4 is 12.1 Å². The van der Waals surface area contributed by atoms with E-state index >= 15 is 0 Å². The van der Waals surface area contributed by atoms with Crippen LogP contribution in [0.2, 0.25) is 0 Å². The van der Waals surface area contributed by atoms with Gasteiger partial charge in [-0.15, -0.1) is 0 Å². The smallest absolute Gasteiger partial charge is 0.407 e. The molecule has 0 radical (unpaired) electrons. The summed E-state index contributed by atoms with van der Waals surface area (Å²) in [7, 11) is 1.42. The Bertz CT molecular complexity index is 374. The van der Waals surface area contributed by atoms with Crippen LogP contribution in [0.15, 0.2) is 0 Å². The fourth-order valence-electron chi connectivity index (χ4n) is 3.16. The van der Waals surface area contributed by atoms with Gasteiger partial charge < -0.3 is 14.8 Å². The Labute approximate surface area is 114 Å². The zero-order valence-electron chi connectivity index (χ0n) is 12.1. The van der Waals surface area contributed by atoms with Crippen molar-refractivity contribution < 1.29 is 19.1 Å². The molecule has 1 N–H and O–H groups in total. The first-order valence-corrected chi connectivity index (χ1v) is 6.91. The van der Waals surface area contributed by atoms with Gasteiger partial charge in [0.05, 0.1) is 13.0 Å². The summed E-state index contributed by atoms with van der Waals surface area (Å²) in [6.07, 6.45) is 2.56. The van der Waals surface area contributed by atoms with E-state index in [2.05, 4.69) is 5.32 Å². The number of ether oxygens (including phenoxy) is 2. The second kappa shape index (κ2) is 5.02. The van der Waals surface area contributed by atoms with Crippen LogP contribution in [-0.2, 0) is 14.3 Å². The highest BCUT2D eigenvalue weighted by molar-refractivity contribution is 5.74. The third-order valence-corrected chi connectivity index (χ3v) is 3.93. The minimum Gasteiger partial charge on any atom is -0.469 e.